The van der Waals surface area contributed by atoms with Crippen molar-refractivity contribution in [2.24, 2.45) is 0 Å². The van der Waals surface area contributed by atoms with E-state index in [1.54, 1.807) is 0 Å². The number of hydrogen-bond donors (Lipinski definition) is 0. The molecule has 0 aromatic carbocycles. The first-order valence-corrected chi connectivity index (χ1v) is 4.73. The molecule has 0 radical (unpaired) electrons. The van der Waals surface area contributed by atoms with Crippen LogP contribution in [0.4, 0.5) is 0 Å². The Labute approximate surface area is 81.8 Å². The minimum atomic E-state index is -0.0350. The van der Waals surface area contributed by atoms with E-state index in [1.807, 2.05) is 0 Å². The SMILES string of the molecule is C#CCCCCC(Cl)C#CBr. The zero-order chi connectivity index (χ0) is 8.53. The van der Waals surface area contributed by atoms with E-state index >= 15 is 0 Å². The van der Waals surface area contributed by atoms with Crippen LogP contribution in [-0.4, -0.2) is 5.38 Å². The van der Waals surface area contributed by atoms with E-state index in [1.165, 1.54) is 0 Å². The van der Waals surface area contributed by atoms with Crippen molar-refractivity contribution < 1.29 is 0 Å². The molecule has 0 rings (SSSR count). The first-order chi connectivity index (χ1) is 5.31. The van der Waals surface area contributed by atoms with Crippen LogP contribution in [-0.2, 0) is 0 Å². The molecule has 1 unspecified atom stereocenters. The zero-order valence-corrected chi connectivity index (χ0v) is 8.58. The third-order valence-electron chi connectivity index (χ3n) is 1.24. The van der Waals surface area contributed by atoms with Crippen LogP contribution >= 0.6 is 27.5 Å². The van der Waals surface area contributed by atoms with E-state index in [2.05, 4.69) is 32.6 Å². The van der Waals surface area contributed by atoms with Gasteiger partial charge >= 0.3 is 0 Å². The molecule has 60 valence electrons. The molecule has 0 saturated heterocycles. The lowest BCUT2D eigenvalue weighted by Gasteiger charge is -1.98. The molecule has 0 spiro atoms. The normalized spacial score (nSPS) is 11.0. The van der Waals surface area contributed by atoms with Gasteiger partial charge in [-0.05, 0) is 17.7 Å². The summed E-state index contributed by atoms with van der Waals surface area (Å²) in [6.45, 7) is 0. The largest absolute Gasteiger partial charge is 0.120 e. The molecular weight excluding hydrogens is 223 g/mol. The Morgan fingerprint density at radius 3 is 2.73 bits per heavy atom. The summed E-state index contributed by atoms with van der Waals surface area (Å²) in [6, 6.07) is 0. The van der Waals surface area contributed by atoms with Crippen LogP contribution in [0, 0.1) is 23.1 Å². The molecule has 0 heterocycles. The molecule has 0 aromatic rings. The summed E-state index contributed by atoms with van der Waals surface area (Å²) in [7, 11) is 0. The first kappa shape index (κ1) is 10.9. The zero-order valence-electron chi connectivity index (χ0n) is 6.24. The Morgan fingerprint density at radius 1 is 1.45 bits per heavy atom. The van der Waals surface area contributed by atoms with Gasteiger partial charge in [0.15, 0.2) is 0 Å². The van der Waals surface area contributed by atoms with Gasteiger partial charge in [0.25, 0.3) is 0 Å². The summed E-state index contributed by atoms with van der Waals surface area (Å²) in [5, 5.41) is -0.0350. The smallest absolute Gasteiger partial charge is 0.0952 e. The van der Waals surface area contributed by atoms with Crippen LogP contribution in [0.25, 0.3) is 0 Å². The van der Waals surface area contributed by atoms with Crippen LogP contribution in [0.3, 0.4) is 0 Å². The Balaban J connectivity index is 3.23. The number of alkyl halides is 1. The molecule has 0 aliphatic rings. The van der Waals surface area contributed by atoms with Crippen LogP contribution in [0.15, 0.2) is 0 Å². The van der Waals surface area contributed by atoms with E-state index in [-0.39, 0.29) is 5.38 Å². The summed E-state index contributed by atoms with van der Waals surface area (Å²) >= 11 is 8.80. The number of rotatable bonds is 4. The molecule has 0 fully saturated rings. The third kappa shape index (κ3) is 7.79. The predicted octanol–water partition coefficient (Wildman–Crippen LogP) is 3.14. The maximum Gasteiger partial charge on any atom is 0.0952 e. The van der Waals surface area contributed by atoms with E-state index in [0.717, 1.165) is 25.7 Å². The number of hydrogen-bond acceptors (Lipinski definition) is 0. The Morgan fingerprint density at radius 2 is 2.18 bits per heavy atom. The van der Waals surface area contributed by atoms with Gasteiger partial charge in [0.05, 0.1) is 5.38 Å². The minimum Gasteiger partial charge on any atom is -0.120 e. The fourth-order valence-corrected chi connectivity index (χ4v) is 1.30. The molecule has 0 amide bonds. The third-order valence-corrected chi connectivity index (χ3v) is 1.80. The van der Waals surface area contributed by atoms with Crippen molar-refractivity contribution in [3.63, 3.8) is 0 Å². The fourth-order valence-electron chi connectivity index (χ4n) is 0.682. The van der Waals surface area contributed by atoms with Gasteiger partial charge in [-0.2, -0.15) is 0 Å². The van der Waals surface area contributed by atoms with Crippen molar-refractivity contribution in [2.45, 2.75) is 31.1 Å². The first-order valence-electron chi connectivity index (χ1n) is 3.50. The van der Waals surface area contributed by atoms with E-state index in [4.69, 9.17) is 18.0 Å². The lowest BCUT2D eigenvalue weighted by molar-refractivity contribution is 0.713. The molecule has 0 N–H and O–H groups in total. The Bertz CT molecular complexity index is 182. The standard InChI is InChI=1S/C9H10BrCl/c1-2-3-4-5-6-9(11)7-8-10/h1,9H,3-6H2. The van der Waals surface area contributed by atoms with Gasteiger partial charge < -0.3 is 0 Å². The van der Waals surface area contributed by atoms with Gasteiger partial charge in [0.2, 0.25) is 0 Å². The molecular formula is C9H10BrCl. The average molecular weight is 234 g/mol. The molecule has 0 bridgehead atoms. The van der Waals surface area contributed by atoms with Crippen LogP contribution < -0.4 is 0 Å². The van der Waals surface area contributed by atoms with Crippen molar-refractivity contribution in [2.75, 3.05) is 0 Å². The van der Waals surface area contributed by atoms with Crippen LogP contribution in [0.2, 0.25) is 0 Å². The molecule has 0 aliphatic heterocycles. The van der Waals surface area contributed by atoms with Crippen LogP contribution in [0.5, 0.6) is 0 Å². The van der Waals surface area contributed by atoms with Crippen molar-refractivity contribution in [3.8, 4) is 23.1 Å². The maximum absolute atomic E-state index is 5.80. The summed E-state index contributed by atoms with van der Waals surface area (Å²) in [5.41, 5.74) is 0. The summed E-state index contributed by atoms with van der Waals surface area (Å²) < 4.78 is 0. The summed E-state index contributed by atoms with van der Waals surface area (Å²) in [4.78, 5) is 2.60. The van der Waals surface area contributed by atoms with Gasteiger partial charge in [-0.1, -0.05) is 12.3 Å². The highest BCUT2D eigenvalue weighted by atomic mass is 79.9. The fraction of sp³-hybridized carbons (Fsp3) is 0.556. The van der Waals surface area contributed by atoms with Gasteiger partial charge in [-0.3, -0.25) is 0 Å². The topological polar surface area (TPSA) is 0 Å². The molecule has 1 atom stereocenters. The van der Waals surface area contributed by atoms with E-state index < -0.39 is 0 Å². The summed E-state index contributed by atoms with van der Waals surface area (Å²) in [6.07, 6.45) is 8.94. The second-order valence-corrected chi connectivity index (χ2v) is 3.08. The van der Waals surface area contributed by atoms with Gasteiger partial charge in [-0.25, -0.2) is 0 Å². The average Bonchev–Trinajstić information content (AvgIpc) is 1.99. The second-order valence-electron chi connectivity index (χ2n) is 2.16. The van der Waals surface area contributed by atoms with Gasteiger partial charge in [0, 0.05) is 22.4 Å². The highest BCUT2D eigenvalue weighted by Crippen LogP contribution is 2.07. The van der Waals surface area contributed by atoms with E-state index in [0.29, 0.717) is 0 Å². The Kier molecular flexibility index (Phi) is 7.91. The number of terminal acetylenes is 1. The number of unbranched alkanes of at least 4 members (excludes halogenated alkanes) is 2. The maximum atomic E-state index is 5.80. The molecule has 2 heteroatoms. The lowest BCUT2D eigenvalue weighted by Crippen LogP contribution is -1.92. The predicted molar refractivity (Wildman–Crippen MR) is 53.6 cm³/mol. The van der Waals surface area contributed by atoms with Crippen molar-refractivity contribution >= 4 is 27.5 Å². The monoisotopic (exact) mass is 232 g/mol. The van der Waals surface area contributed by atoms with Crippen molar-refractivity contribution in [3.05, 3.63) is 0 Å². The quantitative estimate of drug-likeness (QED) is 0.398. The second kappa shape index (κ2) is 7.99. The molecule has 11 heavy (non-hydrogen) atoms. The van der Waals surface area contributed by atoms with Crippen LogP contribution in [0.1, 0.15) is 25.7 Å². The summed E-state index contributed by atoms with van der Waals surface area (Å²) in [5.74, 6) is 5.39. The van der Waals surface area contributed by atoms with Crippen molar-refractivity contribution in [1.82, 2.24) is 0 Å². The Hall–Kier alpha value is -0.110. The molecule has 0 saturated carbocycles. The van der Waals surface area contributed by atoms with E-state index in [9.17, 15) is 0 Å². The number of halogens is 2. The minimum absolute atomic E-state index is 0.0350. The highest BCUT2D eigenvalue weighted by molar-refractivity contribution is 9.12. The van der Waals surface area contributed by atoms with Gasteiger partial charge in [-0.15, -0.1) is 23.9 Å². The molecule has 0 nitrogen and oxygen atoms in total. The molecule has 0 aliphatic carbocycles. The van der Waals surface area contributed by atoms with Gasteiger partial charge in [0.1, 0.15) is 0 Å². The molecule has 0 aromatic heterocycles. The highest BCUT2D eigenvalue weighted by Gasteiger charge is 1.97. The lowest BCUT2D eigenvalue weighted by atomic mass is 10.1. The van der Waals surface area contributed by atoms with Crippen molar-refractivity contribution in [1.29, 1.82) is 0 Å².